The van der Waals surface area contributed by atoms with Crippen LogP contribution in [-0.2, 0) is 17.8 Å². The van der Waals surface area contributed by atoms with E-state index >= 15 is 0 Å². The van der Waals surface area contributed by atoms with Crippen LogP contribution >= 0.6 is 27.3 Å². The Morgan fingerprint density at radius 2 is 2.05 bits per heavy atom. The third-order valence-corrected chi connectivity index (χ3v) is 4.68. The predicted molar refractivity (Wildman–Crippen MR) is 82.0 cm³/mol. The third kappa shape index (κ3) is 4.16. The Bertz CT molecular complexity index is 541. The highest BCUT2D eigenvalue weighted by Crippen LogP contribution is 2.22. The van der Waals surface area contributed by atoms with E-state index < -0.39 is 6.04 Å². The summed E-state index contributed by atoms with van der Waals surface area (Å²) in [6.07, 6.45) is 0.554. The Balaban J connectivity index is 1.84. The van der Waals surface area contributed by atoms with E-state index in [9.17, 15) is 4.79 Å². The molecule has 3 nitrogen and oxygen atoms in total. The summed E-state index contributed by atoms with van der Waals surface area (Å²) < 4.78 is 1.02. The molecule has 0 bridgehead atoms. The molecule has 3 N–H and O–H groups in total. The SMILES string of the molecule is N[C@H](Cc1ccccc1)C(=O)NCc1sccc1Br. The van der Waals surface area contributed by atoms with Gasteiger partial charge in [0.05, 0.1) is 12.6 Å². The summed E-state index contributed by atoms with van der Waals surface area (Å²) in [5.41, 5.74) is 6.98. The van der Waals surface area contributed by atoms with Gasteiger partial charge < -0.3 is 11.1 Å². The monoisotopic (exact) mass is 338 g/mol. The van der Waals surface area contributed by atoms with E-state index in [0.717, 1.165) is 14.9 Å². The van der Waals surface area contributed by atoms with Crippen molar-refractivity contribution in [1.82, 2.24) is 5.32 Å². The molecule has 0 fully saturated rings. The summed E-state index contributed by atoms with van der Waals surface area (Å²) in [6.45, 7) is 0.513. The number of nitrogens with one attached hydrogen (secondary N) is 1. The second-order valence-corrected chi connectivity index (χ2v) is 6.06. The van der Waals surface area contributed by atoms with E-state index in [1.54, 1.807) is 11.3 Å². The minimum atomic E-state index is -0.513. The normalized spacial score (nSPS) is 12.1. The molecule has 100 valence electrons. The predicted octanol–water partition coefficient (Wildman–Crippen LogP) is 2.70. The first kappa shape index (κ1) is 14.2. The molecule has 2 rings (SSSR count). The smallest absolute Gasteiger partial charge is 0.237 e. The standard InChI is InChI=1S/C14H15BrN2OS/c15-11-6-7-19-13(11)9-17-14(18)12(16)8-10-4-2-1-3-5-10/h1-7,12H,8-9,16H2,(H,17,18)/t12-/m1/s1. The highest BCUT2D eigenvalue weighted by Gasteiger charge is 2.14. The van der Waals surface area contributed by atoms with Crippen molar-refractivity contribution in [2.24, 2.45) is 5.73 Å². The minimum absolute atomic E-state index is 0.121. The first-order chi connectivity index (χ1) is 9.16. The number of hydrogen-bond acceptors (Lipinski definition) is 3. The van der Waals surface area contributed by atoms with Gasteiger partial charge in [-0.25, -0.2) is 0 Å². The molecule has 1 atom stereocenters. The molecule has 1 aromatic heterocycles. The van der Waals surface area contributed by atoms with Crippen LogP contribution < -0.4 is 11.1 Å². The van der Waals surface area contributed by atoms with Gasteiger partial charge >= 0.3 is 0 Å². The van der Waals surface area contributed by atoms with Crippen molar-refractivity contribution in [3.63, 3.8) is 0 Å². The van der Waals surface area contributed by atoms with Gasteiger partial charge in [0.1, 0.15) is 0 Å². The molecule has 1 aromatic carbocycles. The summed E-state index contributed by atoms with van der Waals surface area (Å²) in [5, 5.41) is 4.84. The fraction of sp³-hybridized carbons (Fsp3) is 0.214. The summed E-state index contributed by atoms with van der Waals surface area (Å²) in [4.78, 5) is 13.0. The highest BCUT2D eigenvalue weighted by molar-refractivity contribution is 9.10. The number of amides is 1. The first-order valence-electron chi connectivity index (χ1n) is 5.96. The van der Waals surface area contributed by atoms with Crippen LogP contribution in [0.25, 0.3) is 0 Å². The van der Waals surface area contributed by atoms with Crippen LogP contribution in [-0.4, -0.2) is 11.9 Å². The number of rotatable bonds is 5. The largest absolute Gasteiger partial charge is 0.350 e. The number of halogens is 1. The zero-order valence-corrected chi connectivity index (χ0v) is 12.7. The van der Waals surface area contributed by atoms with Gasteiger partial charge in [-0.2, -0.15) is 0 Å². The van der Waals surface area contributed by atoms with Crippen molar-refractivity contribution < 1.29 is 4.79 Å². The fourth-order valence-corrected chi connectivity index (χ4v) is 3.14. The number of thiophene rings is 1. The summed E-state index contributed by atoms with van der Waals surface area (Å²) in [5.74, 6) is -0.121. The van der Waals surface area contributed by atoms with Crippen LogP contribution in [0.15, 0.2) is 46.3 Å². The lowest BCUT2D eigenvalue weighted by molar-refractivity contribution is -0.122. The van der Waals surface area contributed by atoms with Crippen molar-refractivity contribution in [1.29, 1.82) is 0 Å². The zero-order chi connectivity index (χ0) is 13.7. The second-order valence-electron chi connectivity index (χ2n) is 4.21. The van der Waals surface area contributed by atoms with Gasteiger partial charge in [0.15, 0.2) is 0 Å². The van der Waals surface area contributed by atoms with E-state index in [0.29, 0.717) is 13.0 Å². The third-order valence-electron chi connectivity index (χ3n) is 2.75. The molecule has 0 saturated heterocycles. The molecule has 0 aliphatic carbocycles. The van der Waals surface area contributed by atoms with Gasteiger partial charge in [0.2, 0.25) is 5.91 Å². The molecular weight excluding hydrogens is 324 g/mol. The molecular formula is C14H15BrN2OS. The maximum absolute atomic E-state index is 11.9. The van der Waals surface area contributed by atoms with Gasteiger partial charge in [0, 0.05) is 9.35 Å². The van der Waals surface area contributed by atoms with Crippen molar-refractivity contribution in [2.75, 3.05) is 0 Å². The average molecular weight is 339 g/mol. The van der Waals surface area contributed by atoms with Crippen LogP contribution in [0.3, 0.4) is 0 Å². The number of nitrogens with two attached hydrogens (primary N) is 1. The van der Waals surface area contributed by atoms with E-state index in [4.69, 9.17) is 5.73 Å². The van der Waals surface area contributed by atoms with Crippen LogP contribution in [0.2, 0.25) is 0 Å². The van der Waals surface area contributed by atoms with Crippen LogP contribution in [0, 0.1) is 0 Å². The van der Waals surface area contributed by atoms with Crippen molar-refractivity contribution in [3.05, 3.63) is 56.7 Å². The van der Waals surface area contributed by atoms with E-state index in [1.165, 1.54) is 0 Å². The molecule has 1 amide bonds. The van der Waals surface area contributed by atoms with Crippen LogP contribution in [0.1, 0.15) is 10.4 Å². The van der Waals surface area contributed by atoms with Crippen molar-refractivity contribution in [2.45, 2.75) is 19.0 Å². The Morgan fingerprint density at radius 3 is 2.68 bits per heavy atom. The molecule has 0 saturated carbocycles. The number of hydrogen-bond donors (Lipinski definition) is 2. The van der Waals surface area contributed by atoms with Crippen molar-refractivity contribution in [3.8, 4) is 0 Å². The highest BCUT2D eigenvalue weighted by atomic mass is 79.9. The molecule has 0 unspecified atom stereocenters. The lowest BCUT2D eigenvalue weighted by Gasteiger charge is -2.12. The van der Waals surface area contributed by atoms with Gasteiger partial charge in [-0.05, 0) is 39.4 Å². The van der Waals surface area contributed by atoms with E-state index in [-0.39, 0.29) is 5.91 Å². The number of carbonyl (C=O) groups excluding carboxylic acids is 1. The topological polar surface area (TPSA) is 55.1 Å². The molecule has 2 aromatic rings. The van der Waals surface area contributed by atoms with E-state index in [2.05, 4.69) is 21.2 Å². The Morgan fingerprint density at radius 1 is 1.32 bits per heavy atom. The molecule has 0 aliphatic rings. The molecule has 19 heavy (non-hydrogen) atoms. The van der Waals surface area contributed by atoms with Gasteiger partial charge in [-0.1, -0.05) is 30.3 Å². The van der Waals surface area contributed by atoms with Gasteiger partial charge in [-0.3, -0.25) is 4.79 Å². The molecule has 1 heterocycles. The maximum atomic E-state index is 11.9. The van der Waals surface area contributed by atoms with Crippen LogP contribution in [0.5, 0.6) is 0 Å². The first-order valence-corrected chi connectivity index (χ1v) is 7.63. The number of benzene rings is 1. The molecule has 0 aliphatic heterocycles. The van der Waals surface area contributed by atoms with Gasteiger partial charge in [0.25, 0.3) is 0 Å². The number of carbonyl (C=O) groups is 1. The summed E-state index contributed by atoms with van der Waals surface area (Å²) in [6, 6.07) is 11.2. The van der Waals surface area contributed by atoms with E-state index in [1.807, 2.05) is 41.8 Å². The molecule has 5 heteroatoms. The Kier molecular flexibility index (Phi) is 5.13. The lowest BCUT2D eigenvalue weighted by Crippen LogP contribution is -2.41. The molecule has 0 spiro atoms. The van der Waals surface area contributed by atoms with Gasteiger partial charge in [-0.15, -0.1) is 11.3 Å². The summed E-state index contributed by atoms with van der Waals surface area (Å²) >= 11 is 5.04. The fourth-order valence-electron chi connectivity index (χ4n) is 1.71. The minimum Gasteiger partial charge on any atom is -0.350 e. The van der Waals surface area contributed by atoms with Crippen LogP contribution in [0.4, 0.5) is 0 Å². The quantitative estimate of drug-likeness (QED) is 0.880. The summed E-state index contributed by atoms with van der Waals surface area (Å²) in [7, 11) is 0. The second kappa shape index (κ2) is 6.84. The zero-order valence-electron chi connectivity index (χ0n) is 10.3. The Hall–Kier alpha value is -1.17. The molecule has 0 radical (unpaired) electrons. The van der Waals surface area contributed by atoms with Crippen molar-refractivity contribution >= 4 is 33.2 Å². The maximum Gasteiger partial charge on any atom is 0.237 e. The lowest BCUT2D eigenvalue weighted by atomic mass is 10.1. The average Bonchev–Trinajstić information content (AvgIpc) is 2.82. The Labute approximate surface area is 125 Å².